The van der Waals surface area contributed by atoms with E-state index in [-0.39, 0.29) is 5.60 Å². The second kappa shape index (κ2) is 5.19. The highest BCUT2D eigenvalue weighted by Crippen LogP contribution is 2.05. The lowest BCUT2D eigenvalue weighted by molar-refractivity contribution is -0.0221. The zero-order chi connectivity index (χ0) is 8.74. The summed E-state index contributed by atoms with van der Waals surface area (Å²) in [4.78, 5) is 0. The molecule has 0 fully saturated rings. The number of rotatable bonds is 4. The van der Waals surface area contributed by atoms with Gasteiger partial charge in [-0.15, -0.1) is 0 Å². The van der Waals surface area contributed by atoms with Crippen molar-refractivity contribution in [3.63, 3.8) is 0 Å². The van der Waals surface area contributed by atoms with Crippen molar-refractivity contribution in [1.82, 2.24) is 0 Å². The van der Waals surface area contributed by atoms with Gasteiger partial charge >= 0.3 is 0 Å². The van der Waals surface area contributed by atoms with Gasteiger partial charge in [0.1, 0.15) is 6.61 Å². The first-order valence-electron chi connectivity index (χ1n) is 3.93. The van der Waals surface area contributed by atoms with E-state index in [1.54, 1.807) is 6.26 Å². The fourth-order valence-corrected chi connectivity index (χ4v) is 0.560. The van der Waals surface area contributed by atoms with Gasteiger partial charge in [0.2, 0.25) is 0 Å². The third-order valence-electron chi connectivity index (χ3n) is 0.969. The molecule has 0 aliphatic rings. The Hall–Kier alpha value is -0.500. The van der Waals surface area contributed by atoms with E-state index in [0.717, 1.165) is 0 Å². The summed E-state index contributed by atoms with van der Waals surface area (Å²) in [6.07, 6.45) is 3.53. The molecular weight excluding hydrogens is 140 g/mol. The molecule has 0 amide bonds. The van der Waals surface area contributed by atoms with Gasteiger partial charge in [0.05, 0.1) is 18.5 Å². The summed E-state index contributed by atoms with van der Waals surface area (Å²) in [5, 5.41) is 0. The highest BCUT2D eigenvalue weighted by Gasteiger charge is 2.08. The topological polar surface area (TPSA) is 18.5 Å². The molecule has 0 spiro atoms. The van der Waals surface area contributed by atoms with Crippen LogP contribution < -0.4 is 0 Å². The normalized spacial score (nSPS) is 12.4. The molecule has 0 N–H and O–H groups in total. The van der Waals surface area contributed by atoms with Crippen molar-refractivity contribution in [3.05, 3.63) is 12.3 Å². The molecule has 2 nitrogen and oxygen atoms in total. The Balaban J connectivity index is 3.15. The van der Waals surface area contributed by atoms with Gasteiger partial charge in [-0.2, -0.15) is 0 Å². The van der Waals surface area contributed by atoms with E-state index in [2.05, 4.69) is 0 Å². The number of allylic oxidation sites excluding steroid dienone is 1. The Morgan fingerprint density at radius 2 is 1.82 bits per heavy atom. The molecule has 0 radical (unpaired) electrons. The molecule has 0 aliphatic carbocycles. The van der Waals surface area contributed by atoms with Crippen molar-refractivity contribution >= 4 is 0 Å². The maximum atomic E-state index is 5.42. The van der Waals surface area contributed by atoms with E-state index >= 15 is 0 Å². The fraction of sp³-hybridized carbons (Fsp3) is 0.778. The van der Waals surface area contributed by atoms with Crippen LogP contribution in [0.5, 0.6) is 0 Å². The SMILES string of the molecule is CC=COCCOC(C)(C)C. The largest absolute Gasteiger partial charge is 0.499 e. The molecule has 0 saturated heterocycles. The zero-order valence-corrected chi connectivity index (χ0v) is 7.89. The van der Waals surface area contributed by atoms with Crippen LogP contribution in [0.1, 0.15) is 27.7 Å². The van der Waals surface area contributed by atoms with Crippen LogP contribution in [0, 0.1) is 0 Å². The second-order valence-electron chi connectivity index (χ2n) is 3.30. The van der Waals surface area contributed by atoms with E-state index in [1.165, 1.54) is 0 Å². The molecule has 66 valence electrons. The lowest BCUT2D eigenvalue weighted by Crippen LogP contribution is -2.21. The van der Waals surface area contributed by atoms with Crippen LogP contribution in [0.2, 0.25) is 0 Å². The summed E-state index contributed by atoms with van der Waals surface area (Å²) in [6, 6.07) is 0. The molecule has 0 aromatic rings. The third-order valence-corrected chi connectivity index (χ3v) is 0.969. The predicted octanol–water partition coefficient (Wildman–Crippen LogP) is 2.35. The Morgan fingerprint density at radius 3 is 2.27 bits per heavy atom. The summed E-state index contributed by atoms with van der Waals surface area (Å²) in [6.45, 7) is 9.29. The minimum absolute atomic E-state index is 0.0563. The molecule has 0 atom stereocenters. The quantitative estimate of drug-likeness (QED) is 0.462. The van der Waals surface area contributed by atoms with Gasteiger partial charge in [-0.1, -0.05) is 6.08 Å². The molecule has 0 unspecified atom stereocenters. The van der Waals surface area contributed by atoms with Crippen LogP contribution in [-0.2, 0) is 9.47 Å². The van der Waals surface area contributed by atoms with Gasteiger partial charge in [-0.05, 0) is 27.7 Å². The average molecular weight is 158 g/mol. The summed E-state index contributed by atoms with van der Waals surface area (Å²) >= 11 is 0. The van der Waals surface area contributed by atoms with Crippen molar-refractivity contribution in [2.45, 2.75) is 33.3 Å². The van der Waals surface area contributed by atoms with Crippen LogP contribution in [-0.4, -0.2) is 18.8 Å². The lowest BCUT2D eigenvalue weighted by atomic mass is 10.2. The average Bonchev–Trinajstić information content (AvgIpc) is 1.85. The van der Waals surface area contributed by atoms with Gasteiger partial charge in [0.25, 0.3) is 0 Å². The predicted molar refractivity (Wildman–Crippen MR) is 46.5 cm³/mol. The van der Waals surface area contributed by atoms with Crippen LogP contribution in [0.15, 0.2) is 12.3 Å². The molecule has 0 bridgehead atoms. The van der Waals surface area contributed by atoms with E-state index in [0.29, 0.717) is 13.2 Å². The molecule has 0 aliphatic heterocycles. The van der Waals surface area contributed by atoms with Gasteiger partial charge in [0.15, 0.2) is 0 Å². The van der Waals surface area contributed by atoms with E-state index in [9.17, 15) is 0 Å². The van der Waals surface area contributed by atoms with E-state index < -0.39 is 0 Å². The van der Waals surface area contributed by atoms with E-state index in [1.807, 2.05) is 33.8 Å². The van der Waals surface area contributed by atoms with Crippen molar-refractivity contribution < 1.29 is 9.47 Å². The fourth-order valence-electron chi connectivity index (χ4n) is 0.560. The molecule has 11 heavy (non-hydrogen) atoms. The van der Waals surface area contributed by atoms with Crippen LogP contribution >= 0.6 is 0 Å². The highest BCUT2D eigenvalue weighted by molar-refractivity contribution is 4.65. The first-order chi connectivity index (χ1) is 5.06. The summed E-state index contributed by atoms with van der Waals surface area (Å²) in [5.74, 6) is 0. The molecular formula is C9H18O2. The number of hydrogen-bond acceptors (Lipinski definition) is 2. The Bertz CT molecular complexity index is 111. The molecule has 2 heteroatoms. The minimum Gasteiger partial charge on any atom is -0.499 e. The van der Waals surface area contributed by atoms with Crippen LogP contribution in [0.3, 0.4) is 0 Å². The monoisotopic (exact) mass is 158 g/mol. The number of ether oxygens (including phenoxy) is 2. The zero-order valence-electron chi connectivity index (χ0n) is 7.89. The van der Waals surface area contributed by atoms with Gasteiger partial charge < -0.3 is 9.47 Å². The standard InChI is InChI=1S/C9H18O2/c1-5-6-10-7-8-11-9(2,3)4/h5-6H,7-8H2,1-4H3. The summed E-state index contributed by atoms with van der Waals surface area (Å²) < 4.78 is 10.5. The van der Waals surface area contributed by atoms with E-state index in [4.69, 9.17) is 9.47 Å². The van der Waals surface area contributed by atoms with Gasteiger partial charge in [-0.25, -0.2) is 0 Å². The van der Waals surface area contributed by atoms with Crippen LogP contribution in [0.25, 0.3) is 0 Å². The Labute approximate surface area is 69.2 Å². The third kappa shape index (κ3) is 9.50. The highest BCUT2D eigenvalue weighted by atomic mass is 16.5. The maximum Gasteiger partial charge on any atom is 0.111 e. The van der Waals surface area contributed by atoms with Gasteiger partial charge in [-0.3, -0.25) is 0 Å². The molecule has 0 aromatic heterocycles. The first kappa shape index (κ1) is 10.5. The molecule has 0 saturated carbocycles. The summed E-state index contributed by atoms with van der Waals surface area (Å²) in [5.41, 5.74) is -0.0563. The second-order valence-corrected chi connectivity index (χ2v) is 3.30. The molecule has 0 heterocycles. The van der Waals surface area contributed by atoms with Crippen molar-refractivity contribution in [1.29, 1.82) is 0 Å². The first-order valence-corrected chi connectivity index (χ1v) is 3.93. The smallest absolute Gasteiger partial charge is 0.111 e. The van der Waals surface area contributed by atoms with Crippen molar-refractivity contribution in [2.75, 3.05) is 13.2 Å². The maximum absolute atomic E-state index is 5.42. The van der Waals surface area contributed by atoms with Gasteiger partial charge in [0, 0.05) is 0 Å². The molecule has 0 rings (SSSR count). The van der Waals surface area contributed by atoms with Crippen LogP contribution in [0.4, 0.5) is 0 Å². The summed E-state index contributed by atoms with van der Waals surface area (Å²) in [7, 11) is 0. The Kier molecular flexibility index (Phi) is 4.95. The molecule has 0 aromatic carbocycles. The van der Waals surface area contributed by atoms with Crippen molar-refractivity contribution in [3.8, 4) is 0 Å². The van der Waals surface area contributed by atoms with Crippen molar-refractivity contribution in [2.24, 2.45) is 0 Å². The lowest BCUT2D eigenvalue weighted by Gasteiger charge is -2.18. The Morgan fingerprint density at radius 1 is 1.18 bits per heavy atom. The number of hydrogen-bond donors (Lipinski definition) is 0. The minimum atomic E-state index is -0.0563.